The number of ether oxygens (including phenoxy) is 1. The van der Waals surface area contributed by atoms with E-state index in [0.717, 1.165) is 10.8 Å². The average molecular weight is 202 g/mol. The summed E-state index contributed by atoms with van der Waals surface area (Å²) in [5, 5.41) is 10.5. The highest BCUT2D eigenvalue weighted by Gasteiger charge is 2.03. The molecule has 0 aromatic heterocycles. The third kappa shape index (κ3) is 2.07. The smallest absolute Gasteiger partial charge is 0.341 e. The van der Waals surface area contributed by atoms with Crippen LogP contribution in [0.4, 0.5) is 0 Å². The number of carbonyl (C=O) groups is 1. The van der Waals surface area contributed by atoms with Crippen LogP contribution in [0.25, 0.3) is 10.8 Å². The van der Waals surface area contributed by atoms with E-state index in [9.17, 15) is 4.79 Å². The summed E-state index contributed by atoms with van der Waals surface area (Å²) in [6, 6.07) is 13.3. The van der Waals surface area contributed by atoms with E-state index in [0.29, 0.717) is 5.75 Å². The van der Waals surface area contributed by atoms with Gasteiger partial charge in [-0.15, -0.1) is 0 Å². The lowest BCUT2D eigenvalue weighted by Gasteiger charge is -2.06. The second-order valence-corrected chi connectivity index (χ2v) is 3.16. The Morgan fingerprint density at radius 1 is 1.13 bits per heavy atom. The van der Waals surface area contributed by atoms with Gasteiger partial charge in [0, 0.05) is 5.39 Å². The molecule has 0 heterocycles. The van der Waals surface area contributed by atoms with Crippen molar-refractivity contribution in [2.45, 2.75) is 0 Å². The van der Waals surface area contributed by atoms with Crippen LogP contribution in [0.1, 0.15) is 0 Å². The Morgan fingerprint density at radius 2 is 1.87 bits per heavy atom. The van der Waals surface area contributed by atoms with Crippen LogP contribution in [0.5, 0.6) is 5.75 Å². The Kier molecular flexibility index (Phi) is 2.54. The molecule has 15 heavy (non-hydrogen) atoms. The van der Waals surface area contributed by atoms with Gasteiger partial charge in [0.2, 0.25) is 0 Å². The molecule has 0 aliphatic heterocycles. The van der Waals surface area contributed by atoms with E-state index < -0.39 is 5.97 Å². The van der Waals surface area contributed by atoms with E-state index in [1.54, 1.807) is 6.07 Å². The summed E-state index contributed by atoms with van der Waals surface area (Å²) < 4.78 is 5.18. The average Bonchev–Trinajstić information content (AvgIpc) is 2.26. The highest BCUT2D eigenvalue weighted by Crippen LogP contribution is 2.24. The lowest BCUT2D eigenvalue weighted by atomic mass is 10.1. The zero-order chi connectivity index (χ0) is 10.7. The van der Waals surface area contributed by atoms with Crippen molar-refractivity contribution in [1.82, 2.24) is 0 Å². The molecule has 0 atom stereocenters. The van der Waals surface area contributed by atoms with Gasteiger partial charge in [0.05, 0.1) is 0 Å². The summed E-state index contributed by atoms with van der Waals surface area (Å²) in [6.45, 7) is -0.312. The van der Waals surface area contributed by atoms with Crippen LogP contribution in [-0.4, -0.2) is 17.7 Å². The minimum atomic E-state index is -0.970. The summed E-state index contributed by atoms with van der Waals surface area (Å²) >= 11 is 0. The first-order valence-corrected chi connectivity index (χ1v) is 4.60. The fraction of sp³-hybridized carbons (Fsp3) is 0.0833. The van der Waals surface area contributed by atoms with Crippen molar-refractivity contribution in [3.05, 3.63) is 42.5 Å². The van der Waals surface area contributed by atoms with Gasteiger partial charge in [-0.3, -0.25) is 0 Å². The number of benzene rings is 2. The number of carboxylic acids is 1. The van der Waals surface area contributed by atoms with Gasteiger partial charge in [0.25, 0.3) is 0 Å². The topological polar surface area (TPSA) is 46.5 Å². The molecule has 0 unspecified atom stereocenters. The quantitative estimate of drug-likeness (QED) is 0.830. The molecule has 76 valence electrons. The number of fused-ring (bicyclic) bond motifs is 1. The predicted molar refractivity (Wildman–Crippen MR) is 57.1 cm³/mol. The van der Waals surface area contributed by atoms with Crippen LogP contribution < -0.4 is 4.74 Å². The Morgan fingerprint density at radius 3 is 2.67 bits per heavy atom. The molecule has 1 N–H and O–H groups in total. The zero-order valence-electron chi connectivity index (χ0n) is 8.01. The SMILES string of the molecule is O=C(O)COc1cccc2ccccc12. The molecule has 0 amide bonds. The monoisotopic (exact) mass is 202 g/mol. The normalized spacial score (nSPS) is 10.1. The molecule has 0 radical (unpaired) electrons. The van der Waals surface area contributed by atoms with Gasteiger partial charge >= 0.3 is 5.97 Å². The molecule has 2 aromatic rings. The van der Waals surface area contributed by atoms with Crippen LogP contribution in [0.15, 0.2) is 42.5 Å². The van der Waals surface area contributed by atoms with Crippen LogP contribution in [0.3, 0.4) is 0 Å². The fourth-order valence-corrected chi connectivity index (χ4v) is 1.46. The van der Waals surface area contributed by atoms with E-state index >= 15 is 0 Å². The van der Waals surface area contributed by atoms with Crippen molar-refractivity contribution in [2.75, 3.05) is 6.61 Å². The standard InChI is InChI=1S/C12H10O3/c13-12(14)8-15-11-7-3-5-9-4-1-2-6-10(9)11/h1-7H,8H2,(H,13,14). The number of hydrogen-bond acceptors (Lipinski definition) is 2. The maximum Gasteiger partial charge on any atom is 0.341 e. The van der Waals surface area contributed by atoms with Gasteiger partial charge in [-0.1, -0.05) is 36.4 Å². The van der Waals surface area contributed by atoms with Gasteiger partial charge in [-0.2, -0.15) is 0 Å². The van der Waals surface area contributed by atoms with Gasteiger partial charge in [0.1, 0.15) is 5.75 Å². The van der Waals surface area contributed by atoms with Gasteiger partial charge in [-0.25, -0.2) is 4.79 Å². The fourth-order valence-electron chi connectivity index (χ4n) is 1.46. The van der Waals surface area contributed by atoms with Gasteiger partial charge < -0.3 is 9.84 Å². The number of hydrogen-bond donors (Lipinski definition) is 1. The summed E-state index contributed by atoms with van der Waals surface area (Å²) in [4.78, 5) is 10.4. The van der Waals surface area contributed by atoms with Gasteiger partial charge in [-0.05, 0) is 11.5 Å². The van der Waals surface area contributed by atoms with Crippen molar-refractivity contribution in [2.24, 2.45) is 0 Å². The van der Waals surface area contributed by atoms with Crippen LogP contribution >= 0.6 is 0 Å². The molecule has 0 bridgehead atoms. The Labute approximate surface area is 86.9 Å². The molecule has 0 aliphatic carbocycles. The number of carboxylic acid groups (broad SMARTS) is 1. The van der Waals surface area contributed by atoms with Crippen molar-refractivity contribution in [3.63, 3.8) is 0 Å². The highest BCUT2D eigenvalue weighted by molar-refractivity contribution is 5.88. The van der Waals surface area contributed by atoms with E-state index in [4.69, 9.17) is 9.84 Å². The van der Waals surface area contributed by atoms with Gasteiger partial charge in [0.15, 0.2) is 6.61 Å². The third-order valence-corrected chi connectivity index (χ3v) is 2.10. The molecule has 0 saturated carbocycles. The van der Waals surface area contributed by atoms with Crippen molar-refractivity contribution in [1.29, 1.82) is 0 Å². The molecule has 0 spiro atoms. The van der Waals surface area contributed by atoms with E-state index in [-0.39, 0.29) is 6.61 Å². The summed E-state index contributed by atoms with van der Waals surface area (Å²) in [5.74, 6) is -0.363. The summed E-state index contributed by atoms with van der Waals surface area (Å²) in [5.41, 5.74) is 0. The van der Waals surface area contributed by atoms with Crippen molar-refractivity contribution < 1.29 is 14.6 Å². The first kappa shape index (κ1) is 9.52. The van der Waals surface area contributed by atoms with Crippen molar-refractivity contribution >= 4 is 16.7 Å². The largest absolute Gasteiger partial charge is 0.481 e. The summed E-state index contributed by atoms with van der Waals surface area (Å²) in [6.07, 6.45) is 0. The second-order valence-electron chi connectivity index (χ2n) is 3.16. The third-order valence-electron chi connectivity index (χ3n) is 2.10. The molecule has 0 fully saturated rings. The lowest BCUT2D eigenvalue weighted by molar-refractivity contribution is -0.139. The molecule has 2 rings (SSSR count). The lowest BCUT2D eigenvalue weighted by Crippen LogP contribution is -2.09. The Balaban J connectivity index is 2.38. The van der Waals surface area contributed by atoms with Crippen LogP contribution in [0, 0.1) is 0 Å². The maximum atomic E-state index is 10.4. The van der Waals surface area contributed by atoms with Crippen LogP contribution in [0.2, 0.25) is 0 Å². The minimum Gasteiger partial charge on any atom is -0.481 e. The molecular formula is C12H10O3. The zero-order valence-corrected chi connectivity index (χ0v) is 8.01. The molecular weight excluding hydrogens is 192 g/mol. The minimum absolute atomic E-state index is 0.312. The highest BCUT2D eigenvalue weighted by atomic mass is 16.5. The van der Waals surface area contributed by atoms with Crippen LogP contribution in [-0.2, 0) is 4.79 Å². The Hall–Kier alpha value is -2.03. The first-order chi connectivity index (χ1) is 7.27. The molecule has 0 aliphatic rings. The van der Waals surface area contributed by atoms with E-state index in [1.807, 2.05) is 36.4 Å². The first-order valence-electron chi connectivity index (χ1n) is 4.60. The molecule has 2 aromatic carbocycles. The predicted octanol–water partition coefficient (Wildman–Crippen LogP) is 2.30. The van der Waals surface area contributed by atoms with Crippen molar-refractivity contribution in [3.8, 4) is 5.75 Å². The maximum absolute atomic E-state index is 10.4. The van der Waals surface area contributed by atoms with E-state index in [2.05, 4.69) is 0 Å². The number of aliphatic carboxylic acids is 1. The molecule has 3 heteroatoms. The number of rotatable bonds is 3. The van der Waals surface area contributed by atoms with E-state index in [1.165, 1.54) is 0 Å². The molecule has 0 saturated heterocycles. The Bertz CT molecular complexity index is 486. The summed E-state index contributed by atoms with van der Waals surface area (Å²) in [7, 11) is 0. The molecule has 3 nitrogen and oxygen atoms in total. The second kappa shape index (κ2) is 4.00.